The van der Waals surface area contributed by atoms with E-state index in [2.05, 4.69) is 5.32 Å². The van der Waals surface area contributed by atoms with Gasteiger partial charge in [-0.2, -0.15) is 0 Å². The van der Waals surface area contributed by atoms with Crippen LogP contribution in [0.5, 0.6) is 0 Å². The summed E-state index contributed by atoms with van der Waals surface area (Å²) in [4.78, 5) is 11.8. The van der Waals surface area contributed by atoms with E-state index in [-0.39, 0.29) is 5.91 Å². The van der Waals surface area contributed by atoms with Gasteiger partial charge in [0.25, 0.3) is 0 Å². The molecule has 1 fully saturated rings. The number of hydrogen-bond donors (Lipinski definition) is 3. The van der Waals surface area contributed by atoms with E-state index < -0.39 is 0 Å². The van der Waals surface area contributed by atoms with Crippen LogP contribution in [-0.2, 0) is 11.2 Å². The summed E-state index contributed by atoms with van der Waals surface area (Å²) in [6.07, 6.45) is 4.97. The summed E-state index contributed by atoms with van der Waals surface area (Å²) < 4.78 is 0. The van der Waals surface area contributed by atoms with Gasteiger partial charge in [-0.3, -0.25) is 4.79 Å². The van der Waals surface area contributed by atoms with Crippen molar-refractivity contribution in [3.05, 3.63) is 23.8 Å². The molecule has 0 atom stereocenters. The summed E-state index contributed by atoms with van der Waals surface area (Å²) in [6, 6.07) is 5.64. The summed E-state index contributed by atoms with van der Waals surface area (Å²) in [7, 11) is 0. The molecule has 1 aromatic carbocycles. The Labute approximate surface area is 101 Å². The molecule has 0 aromatic heterocycles. The molecule has 4 nitrogen and oxygen atoms in total. The first-order valence-electron chi connectivity index (χ1n) is 6.08. The lowest BCUT2D eigenvalue weighted by Crippen LogP contribution is -2.33. The molecule has 0 spiro atoms. The maximum atomic E-state index is 11.8. The number of anilines is 2. The Hall–Kier alpha value is -1.71. The highest BCUT2D eigenvalue weighted by molar-refractivity contribution is 5.81. The lowest BCUT2D eigenvalue weighted by molar-refractivity contribution is -0.121. The topological polar surface area (TPSA) is 81.1 Å². The van der Waals surface area contributed by atoms with E-state index in [0.29, 0.717) is 23.8 Å². The van der Waals surface area contributed by atoms with Crippen molar-refractivity contribution in [1.82, 2.24) is 5.32 Å². The van der Waals surface area contributed by atoms with Crippen LogP contribution in [0.1, 0.15) is 31.2 Å². The molecule has 1 amide bonds. The van der Waals surface area contributed by atoms with Crippen molar-refractivity contribution >= 4 is 17.3 Å². The Morgan fingerprint density at radius 1 is 1.29 bits per heavy atom. The molecule has 0 radical (unpaired) electrons. The molecule has 0 bridgehead atoms. The number of nitrogens with one attached hydrogen (secondary N) is 1. The van der Waals surface area contributed by atoms with Crippen LogP contribution in [0.2, 0.25) is 0 Å². The predicted molar refractivity (Wildman–Crippen MR) is 69.4 cm³/mol. The van der Waals surface area contributed by atoms with Gasteiger partial charge in [0.15, 0.2) is 0 Å². The second kappa shape index (κ2) is 5.08. The van der Waals surface area contributed by atoms with Gasteiger partial charge < -0.3 is 16.8 Å². The molecule has 92 valence electrons. The highest BCUT2D eigenvalue weighted by atomic mass is 16.1. The Morgan fingerprint density at radius 2 is 2.00 bits per heavy atom. The number of rotatable bonds is 3. The van der Waals surface area contributed by atoms with Gasteiger partial charge >= 0.3 is 0 Å². The zero-order valence-corrected chi connectivity index (χ0v) is 9.91. The molecular weight excluding hydrogens is 214 g/mol. The van der Waals surface area contributed by atoms with Gasteiger partial charge in [-0.15, -0.1) is 0 Å². The third kappa shape index (κ3) is 3.12. The molecule has 17 heavy (non-hydrogen) atoms. The number of amides is 1. The minimum absolute atomic E-state index is 0.0494. The van der Waals surface area contributed by atoms with Crippen LogP contribution in [0, 0.1) is 0 Å². The lowest BCUT2D eigenvalue weighted by atomic mass is 10.1. The summed E-state index contributed by atoms with van der Waals surface area (Å²) in [5, 5.41) is 3.04. The second-order valence-electron chi connectivity index (χ2n) is 4.68. The fraction of sp³-hybridized carbons (Fsp3) is 0.462. The van der Waals surface area contributed by atoms with Crippen molar-refractivity contribution in [3.8, 4) is 0 Å². The summed E-state index contributed by atoms with van der Waals surface area (Å²) >= 11 is 0. The van der Waals surface area contributed by atoms with Crippen LogP contribution in [0.4, 0.5) is 11.4 Å². The van der Waals surface area contributed by atoms with Crippen LogP contribution in [0.15, 0.2) is 18.2 Å². The van der Waals surface area contributed by atoms with Crippen molar-refractivity contribution in [1.29, 1.82) is 0 Å². The minimum atomic E-state index is 0.0494. The van der Waals surface area contributed by atoms with Crippen LogP contribution in [0.3, 0.4) is 0 Å². The molecular formula is C13H19N3O. The molecule has 1 aliphatic carbocycles. The van der Waals surface area contributed by atoms with E-state index in [1.165, 1.54) is 12.8 Å². The van der Waals surface area contributed by atoms with E-state index in [1.807, 2.05) is 6.07 Å². The lowest BCUT2D eigenvalue weighted by Gasteiger charge is -2.12. The number of hydrogen-bond acceptors (Lipinski definition) is 3. The molecule has 0 heterocycles. The number of carbonyl (C=O) groups is 1. The maximum Gasteiger partial charge on any atom is 0.224 e. The minimum Gasteiger partial charge on any atom is -0.399 e. The highest BCUT2D eigenvalue weighted by Gasteiger charge is 2.17. The van der Waals surface area contributed by atoms with E-state index in [1.54, 1.807) is 12.1 Å². The van der Waals surface area contributed by atoms with E-state index in [4.69, 9.17) is 11.5 Å². The van der Waals surface area contributed by atoms with Gasteiger partial charge in [-0.05, 0) is 30.5 Å². The zero-order chi connectivity index (χ0) is 12.3. The quantitative estimate of drug-likeness (QED) is 0.691. The Morgan fingerprint density at radius 3 is 2.65 bits per heavy atom. The van der Waals surface area contributed by atoms with Crippen molar-refractivity contribution < 1.29 is 4.79 Å². The smallest absolute Gasteiger partial charge is 0.224 e. The monoisotopic (exact) mass is 233 g/mol. The molecule has 0 unspecified atom stereocenters. The van der Waals surface area contributed by atoms with Crippen molar-refractivity contribution in [2.45, 2.75) is 38.1 Å². The maximum absolute atomic E-state index is 11.8. The second-order valence-corrected chi connectivity index (χ2v) is 4.68. The first kappa shape index (κ1) is 11.8. The SMILES string of the molecule is Nc1ccc(CC(=O)NC2CCCC2)c(N)c1. The molecule has 0 saturated heterocycles. The van der Waals surface area contributed by atoms with Gasteiger partial charge in [-0.25, -0.2) is 0 Å². The Balaban J connectivity index is 1.93. The fourth-order valence-electron chi connectivity index (χ4n) is 2.30. The third-order valence-electron chi connectivity index (χ3n) is 3.24. The van der Waals surface area contributed by atoms with E-state index in [0.717, 1.165) is 18.4 Å². The Kier molecular flexibility index (Phi) is 3.52. The van der Waals surface area contributed by atoms with E-state index >= 15 is 0 Å². The van der Waals surface area contributed by atoms with Crippen LogP contribution in [-0.4, -0.2) is 11.9 Å². The van der Waals surface area contributed by atoms with Gasteiger partial charge in [0.2, 0.25) is 5.91 Å². The van der Waals surface area contributed by atoms with Crippen molar-refractivity contribution in [2.24, 2.45) is 0 Å². The number of nitrogen functional groups attached to an aromatic ring is 2. The molecule has 1 aromatic rings. The van der Waals surface area contributed by atoms with Gasteiger partial charge in [-0.1, -0.05) is 18.9 Å². The van der Waals surface area contributed by atoms with Crippen LogP contribution >= 0.6 is 0 Å². The predicted octanol–water partition coefficient (Wildman–Crippen LogP) is 1.45. The average Bonchev–Trinajstić information content (AvgIpc) is 2.75. The molecule has 5 N–H and O–H groups in total. The first-order valence-corrected chi connectivity index (χ1v) is 6.08. The normalized spacial score (nSPS) is 16.0. The summed E-state index contributed by atoms with van der Waals surface area (Å²) in [5.41, 5.74) is 13.5. The number of nitrogens with two attached hydrogens (primary N) is 2. The fourth-order valence-corrected chi connectivity index (χ4v) is 2.30. The summed E-state index contributed by atoms with van der Waals surface area (Å²) in [5.74, 6) is 0.0494. The number of carbonyl (C=O) groups excluding carboxylic acids is 1. The largest absolute Gasteiger partial charge is 0.399 e. The van der Waals surface area contributed by atoms with Gasteiger partial charge in [0.1, 0.15) is 0 Å². The van der Waals surface area contributed by atoms with Gasteiger partial charge in [0.05, 0.1) is 6.42 Å². The standard InChI is InChI=1S/C13H19N3O/c14-10-6-5-9(12(15)8-10)7-13(17)16-11-3-1-2-4-11/h5-6,8,11H,1-4,7,14-15H2,(H,16,17). The van der Waals surface area contributed by atoms with Crippen LogP contribution < -0.4 is 16.8 Å². The van der Waals surface area contributed by atoms with Gasteiger partial charge in [0, 0.05) is 17.4 Å². The third-order valence-corrected chi connectivity index (χ3v) is 3.24. The molecule has 0 aliphatic heterocycles. The first-order chi connectivity index (χ1) is 8.15. The molecule has 2 rings (SSSR count). The zero-order valence-electron chi connectivity index (χ0n) is 9.91. The van der Waals surface area contributed by atoms with Crippen LogP contribution in [0.25, 0.3) is 0 Å². The highest BCUT2D eigenvalue weighted by Crippen LogP contribution is 2.19. The van der Waals surface area contributed by atoms with E-state index in [9.17, 15) is 4.79 Å². The Bertz CT molecular complexity index is 411. The van der Waals surface area contributed by atoms with Crippen molar-refractivity contribution in [2.75, 3.05) is 11.5 Å². The molecule has 4 heteroatoms. The molecule has 1 saturated carbocycles. The number of benzene rings is 1. The van der Waals surface area contributed by atoms with Crippen molar-refractivity contribution in [3.63, 3.8) is 0 Å². The molecule has 1 aliphatic rings. The summed E-state index contributed by atoms with van der Waals surface area (Å²) in [6.45, 7) is 0. The average molecular weight is 233 g/mol.